The average Bonchev–Trinajstić information content (AvgIpc) is 2.61. The van der Waals surface area contributed by atoms with Crippen LogP contribution in [0.15, 0.2) is 57.7 Å². The number of hydrogen-bond acceptors (Lipinski definition) is 3. The predicted octanol–water partition coefficient (Wildman–Crippen LogP) is 4.27. The van der Waals surface area contributed by atoms with Gasteiger partial charge in [-0.05, 0) is 42.5 Å². The minimum atomic E-state index is 0.0189. The van der Waals surface area contributed by atoms with Crippen LogP contribution in [0.1, 0.15) is 35.4 Å². The standard InChI is InChI=1S/C20H18O3/c1-22-20-18(19(21)16-10-4-5-12-17(16)23-20)15-11-6-8-13-7-2-3-9-14(13)15/h2-5,7,9-10,12,15H,6,8,11H2,1H3. The number of para-hydroxylation sites is 1. The minimum absolute atomic E-state index is 0.0189. The van der Waals surface area contributed by atoms with Gasteiger partial charge >= 0.3 is 0 Å². The molecule has 1 aliphatic rings. The minimum Gasteiger partial charge on any atom is -0.468 e. The van der Waals surface area contributed by atoms with Gasteiger partial charge < -0.3 is 9.15 Å². The maximum Gasteiger partial charge on any atom is 0.292 e. The van der Waals surface area contributed by atoms with Gasteiger partial charge in [0.1, 0.15) is 5.58 Å². The van der Waals surface area contributed by atoms with Crippen molar-refractivity contribution >= 4 is 11.0 Å². The van der Waals surface area contributed by atoms with Gasteiger partial charge in [0.05, 0.1) is 18.1 Å². The molecule has 0 saturated heterocycles. The van der Waals surface area contributed by atoms with E-state index >= 15 is 0 Å². The van der Waals surface area contributed by atoms with Gasteiger partial charge in [0.15, 0.2) is 0 Å². The Labute approximate surface area is 134 Å². The Bertz CT molecular complexity index is 924. The number of benzene rings is 2. The Hall–Kier alpha value is -2.55. The van der Waals surface area contributed by atoms with Crippen molar-refractivity contribution in [1.29, 1.82) is 0 Å². The number of aryl methyl sites for hydroxylation is 1. The van der Waals surface area contributed by atoms with Crippen LogP contribution in [0.25, 0.3) is 11.0 Å². The van der Waals surface area contributed by atoms with Gasteiger partial charge in [-0.15, -0.1) is 0 Å². The van der Waals surface area contributed by atoms with Crippen LogP contribution in [-0.2, 0) is 6.42 Å². The largest absolute Gasteiger partial charge is 0.468 e. The van der Waals surface area contributed by atoms with E-state index in [4.69, 9.17) is 9.15 Å². The van der Waals surface area contributed by atoms with Crippen LogP contribution in [-0.4, -0.2) is 7.11 Å². The fourth-order valence-electron chi connectivity index (χ4n) is 3.64. The molecule has 1 aliphatic carbocycles. The molecule has 116 valence electrons. The van der Waals surface area contributed by atoms with Crippen molar-refractivity contribution in [3.05, 3.63) is 75.4 Å². The number of rotatable bonds is 2. The Morgan fingerprint density at radius 3 is 2.74 bits per heavy atom. The molecule has 23 heavy (non-hydrogen) atoms. The zero-order valence-electron chi connectivity index (χ0n) is 13.0. The summed E-state index contributed by atoms with van der Waals surface area (Å²) >= 11 is 0. The lowest BCUT2D eigenvalue weighted by Crippen LogP contribution is -2.20. The molecule has 3 aromatic rings. The first kappa shape index (κ1) is 14.1. The molecule has 4 rings (SSSR count). The van der Waals surface area contributed by atoms with E-state index in [1.807, 2.05) is 24.3 Å². The third-order valence-corrected chi connectivity index (χ3v) is 4.70. The van der Waals surface area contributed by atoms with Crippen LogP contribution in [0.3, 0.4) is 0 Å². The molecule has 0 fully saturated rings. The number of fused-ring (bicyclic) bond motifs is 2. The molecular weight excluding hydrogens is 288 g/mol. The van der Waals surface area contributed by atoms with E-state index in [1.54, 1.807) is 13.2 Å². The summed E-state index contributed by atoms with van der Waals surface area (Å²) in [6.07, 6.45) is 3.07. The van der Waals surface area contributed by atoms with Crippen LogP contribution in [0.2, 0.25) is 0 Å². The Balaban J connectivity index is 1.99. The molecule has 1 unspecified atom stereocenters. The molecule has 0 aliphatic heterocycles. The molecule has 0 amide bonds. The molecule has 0 spiro atoms. The summed E-state index contributed by atoms with van der Waals surface area (Å²) in [6, 6.07) is 15.7. The van der Waals surface area contributed by atoms with Gasteiger partial charge in [-0.3, -0.25) is 4.79 Å². The van der Waals surface area contributed by atoms with E-state index in [-0.39, 0.29) is 11.3 Å². The van der Waals surface area contributed by atoms with Gasteiger partial charge in [0.25, 0.3) is 5.95 Å². The third kappa shape index (κ3) is 2.24. The van der Waals surface area contributed by atoms with Crippen LogP contribution in [0, 0.1) is 0 Å². The van der Waals surface area contributed by atoms with Crippen LogP contribution in [0.5, 0.6) is 5.95 Å². The highest BCUT2D eigenvalue weighted by molar-refractivity contribution is 5.78. The average molecular weight is 306 g/mol. The third-order valence-electron chi connectivity index (χ3n) is 4.70. The van der Waals surface area contributed by atoms with Crippen molar-refractivity contribution in [2.45, 2.75) is 25.2 Å². The number of ether oxygens (including phenoxy) is 1. The first-order valence-corrected chi connectivity index (χ1v) is 7.97. The first-order valence-electron chi connectivity index (χ1n) is 7.97. The zero-order valence-corrected chi connectivity index (χ0v) is 13.0. The monoisotopic (exact) mass is 306 g/mol. The smallest absolute Gasteiger partial charge is 0.292 e. The molecule has 2 aromatic carbocycles. The van der Waals surface area contributed by atoms with Gasteiger partial charge in [-0.2, -0.15) is 0 Å². The van der Waals surface area contributed by atoms with E-state index in [0.29, 0.717) is 22.5 Å². The molecule has 0 bridgehead atoms. The summed E-state index contributed by atoms with van der Waals surface area (Å²) in [5.41, 5.74) is 3.78. The number of hydrogen-bond donors (Lipinski definition) is 0. The van der Waals surface area contributed by atoms with Crippen molar-refractivity contribution in [3.8, 4) is 5.95 Å². The number of methoxy groups -OCH3 is 1. The summed E-state index contributed by atoms with van der Waals surface area (Å²) in [7, 11) is 1.56. The van der Waals surface area contributed by atoms with Crippen LogP contribution >= 0.6 is 0 Å². The topological polar surface area (TPSA) is 39.4 Å². The quantitative estimate of drug-likeness (QED) is 0.710. The van der Waals surface area contributed by atoms with Gasteiger partial charge in [-0.25, -0.2) is 0 Å². The lowest BCUT2D eigenvalue weighted by Gasteiger charge is -2.26. The highest BCUT2D eigenvalue weighted by atomic mass is 16.6. The van der Waals surface area contributed by atoms with Gasteiger partial charge in [0, 0.05) is 5.92 Å². The summed E-state index contributed by atoms with van der Waals surface area (Å²) in [6.45, 7) is 0. The first-order chi connectivity index (χ1) is 11.3. The molecule has 3 nitrogen and oxygen atoms in total. The second-order valence-corrected chi connectivity index (χ2v) is 5.98. The van der Waals surface area contributed by atoms with E-state index in [2.05, 4.69) is 18.2 Å². The maximum absolute atomic E-state index is 13.1. The zero-order chi connectivity index (χ0) is 15.8. The second kappa shape index (κ2) is 5.58. The van der Waals surface area contributed by atoms with E-state index < -0.39 is 0 Å². The molecule has 1 heterocycles. The molecular formula is C20H18O3. The lowest BCUT2D eigenvalue weighted by atomic mass is 9.79. The predicted molar refractivity (Wildman–Crippen MR) is 90.3 cm³/mol. The van der Waals surface area contributed by atoms with Crippen molar-refractivity contribution < 1.29 is 9.15 Å². The Kier molecular flexibility index (Phi) is 3.41. The molecule has 1 atom stereocenters. The van der Waals surface area contributed by atoms with Crippen molar-refractivity contribution in [2.24, 2.45) is 0 Å². The second-order valence-electron chi connectivity index (χ2n) is 5.98. The van der Waals surface area contributed by atoms with Crippen molar-refractivity contribution in [3.63, 3.8) is 0 Å². The molecule has 1 aromatic heterocycles. The van der Waals surface area contributed by atoms with Crippen LogP contribution in [0.4, 0.5) is 0 Å². The molecule has 0 radical (unpaired) electrons. The maximum atomic E-state index is 13.1. The summed E-state index contributed by atoms with van der Waals surface area (Å²) in [5.74, 6) is 0.381. The van der Waals surface area contributed by atoms with Gasteiger partial charge in [-0.1, -0.05) is 36.4 Å². The molecule has 0 N–H and O–H groups in total. The fourth-order valence-corrected chi connectivity index (χ4v) is 3.64. The van der Waals surface area contributed by atoms with Crippen molar-refractivity contribution in [2.75, 3.05) is 7.11 Å². The molecule has 3 heteroatoms. The van der Waals surface area contributed by atoms with Gasteiger partial charge in [0.2, 0.25) is 5.43 Å². The summed E-state index contributed by atoms with van der Waals surface area (Å²) in [4.78, 5) is 13.1. The Morgan fingerprint density at radius 2 is 1.87 bits per heavy atom. The van der Waals surface area contributed by atoms with E-state index in [0.717, 1.165) is 19.3 Å². The highest BCUT2D eigenvalue weighted by Crippen LogP contribution is 2.39. The lowest BCUT2D eigenvalue weighted by molar-refractivity contribution is 0.301. The SMILES string of the molecule is COc1oc2ccccc2c(=O)c1C1CCCc2ccccc21. The summed E-state index contributed by atoms with van der Waals surface area (Å²) < 4.78 is 11.3. The van der Waals surface area contributed by atoms with E-state index in [1.165, 1.54) is 11.1 Å². The van der Waals surface area contributed by atoms with Crippen LogP contribution < -0.4 is 10.2 Å². The molecule has 0 saturated carbocycles. The fraction of sp³-hybridized carbons (Fsp3) is 0.250. The highest BCUT2D eigenvalue weighted by Gasteiger charge is 2.28. The van der Waals surface area contributed by atoms with E-state index in [9.17, 15) is 4.79 Å². The Morgan fingerprint density at radius 1 is 1.09 bits per heavy atom. The summed E-state index contributed by atoms with van der Waals surface area (Å²) in [5, 5.41) is 0.617. The van der Waals surface area contributed by atoms with Crippen molar-refractivity contribution in [1.82, 2.24) is 0 Å². The normalized spacial score (nSPS) is 17.0.